The molecule has 0 unspecified atom stereocenters. The highest BCUT2D eigenvalue weighted by Gasteiger charge is 2.21. The number of para-hydroxylation sites is 1. The SMILES string of the molecule is CS(=O)(=O)c1ccc(CN2CCC[C@H](COc3ccccc3F)C2)cc1. The molecule has 1 aliphatic rings. The van der Waals surface area contributed by atoms with Gasteiger partial charge in [-0.15, -0.1) is 0 Å². The van der Waals surface area contributed by atoms with Crippen LogP contribution in [-0.4, -0.2) is 39.3 Å². The van der Waals surface area contributed by atoms with Crippen LogP contribution in [0.1, 0.15) is 18.4 Å². The van der Waals surface area contributed by atoms with Crippen LogP contribution in [0, 0.1) is 11.7 Å². The van der Waals surface area contributed by atoms with Crippen LogP contribution in [0.4, 0.5) is 4.39 Å². The number of likely N-dealkylation sites (tertiary alicyclic amines) is 1. The van der Waals surface area contributed by atoms with Gasteiger partial charge in [-0.3, -0.25) is 4.90 Å². The van der Waals surface area contributed by atoms with Crippen LogP contribution in [0.15, 0.2) is 53.4 Å². The molecule has 0 amide bonds. The molecule has 2 aromatic carbocycles. The molecule has 0 saturated carbocycles. The van der Waals surface area contributed by atoms with Crippen molar-refractivity contribution in [3.63, 3.8) is 0 Å². The summed E-state index contributed by atoms with van der Waals surface area (Å²) in [5.41, 5.74) is 1.09. The fourth-order valence-electron chi connectivity index (χ4n) is 3.30. The number of benzene rings is 2. The van der Waals surface area contributed by atoms with Crippen molar-refractivity contribution in [2.24, 2.45) is 5.92 Å². The summed E-state index contributed by atoms with van der Waals surface area (Å²) in [7, 11) is -3.16. The van der Waals surface area contributed by atoms with E-state index < -0.39 is 9.84 Å². The third-order valence-corrected chi connectivity index (χ3v) is 5.80. The second-order valence-corrected chi connectivity index (χ2v) is 8.92. The summed E-state index contributed by atoms with van der Waals surface area (Å²) in [6.45, 7) is 3.18. The number of ether oxygens (including phenoxy) is 1. The summed E-state index contributed by atoms with van der Waals surface area (Å²) < 4.78 is 42.4. The molecule has 0 radical (unpaired) electrons. The van der Waals surface area contributed by atoms with Gasteiger partial charge >= 0.3 is 0 Å². The maximum atomic E-state index is 13.6. The lowest BCUT2D eigenvalue weighted by Crippen LogP contribution is -2.37. The highest BCUT2D eigenvalue weighted by molar-refractivity contribution is 7.90. The largest absolute Gasteiger partial charge is 0.490 e. The van der Waals surface area contributed by atoms with Crippen molar-refractivity contribution in [1.82, 2.24) is 4.90 Å². The van der Waals surface area contributed by atoms with E-state index in [1.807, 2.05) is 12.1 Å². The lowest BCUT2D eigenvalue weighted by atomic mass is 9.98. The Hall–Kier alpha value is -1.92. The molecule has 0 aromatic heterocycles. The summed E-state index contributed by atoms with van der Waals surface area (Å²) in [6.07, 6.45) is 3.36. The van der Waals surface area contributed by atoms with Crippen LogP contribution in [0.25, 0.3) is 0 Å². The second kappa shape index (κ2) is 8.18. The minimum absolute atomic E-state index is 0.306. The smallest absolute Gasteiger partial charge is 0.175 e. The maximum Gasteiger partial charge on any atom is 0.175 e. The van der Waals surface area contributed by atoms with Gasteiger partial charge in [-0.05, 0) is 49.2 Å². The molecule has 0 N–H and O–H groups in total. The molecular weight excluding hydrogens is 353 g/mol. The van der Waals surface area contributed by atoms with Gasteiger partial charge in [-0.25, -0.2) is 12.8 Å². The number of piperidine rings is 1. The van der Waals surface area contributed by atoms with Crippen molar-refractivity contribution < 1.29 is 17.5 Å². The van der Waals surface area contributed by atoms with E-state index in [0.29, 0.717) is 23.2 Å². The standard InChI is InChI=1S/C20H24FNO3S/c1-26(23,24)18-10-8-16(9-11-18)13-22-12-4-5-17(14-22)15-25-20-7-3-2-6-19(20)21/h2-3,6-11,17H,4-5,12-15H2,1H3/t17-/m0/s1. The quantitative estimate of drug-likeness (QED) is 0.773. The molecule has 3 rings (SSSR count). The molecule has 0 bridgehead atoms. The fourth-order valence-corrected chi connectivity index (χ4v) is 3.93. The van der Waals surface area contributed by atoms with Crippen molar-refractivity contribution in [3.05, 3.63) is 59.9 Å². The van der Waals surface area contributed by atoms with Gasteiger partial charge in [0.2, 0.25) is 0 Å². The Bertz CT molecular complexity index is 836. The molecule has 1 saturated heterocycles. The Balaban J connectivity index is 1.54. The van der Waals surface area contributed by atoms with Crippen LogP contribution in [0.5, 0.6) is 5.75 Å². The topological polar surface area (TPSA) is 46.6 Å². The van der Waals surface area contributed by atoms with E-state index in [2.05, 4.69) is 4.90 Å². The predicted octanol–water partition coefficient (Wildman–Crippen LogP) is 3.52. The molecular formula is C20H24FNO3S. The van der Waals surface area contributed by atoms with Gasteiger partial charge < -0.3 is 4.74 Å². The Morgan fingerprint density at radius 3 is 2.58 bits per heavy atom. The van der Waals surface area contributed by atoms with E-state index in [9.17, 15) is 12.8 Å². The number of sulfone groups is 1. The first-order chi connectivity index (χ1) is 12.4. The fraction of sp³-hybridized carbons (Fsp3) is 0.400. The number of rotatable bonds is 6. The van der Waals surface area contributed by atoms with Crippen molar-refractivity contribution in [2.75, 3.05) is 26.0 Å². The van der Waals surface area contributed by atoms with E-state index in [1.165, 1.54) is 12.3 Å². The van der Waals surface area contributed by atoms with Crippen LogP contribution < -0.4 is 4.74 Å². The predicted molar refractivity (Wildman–Crippen MR) is 99.4 cm³/mol. The summed E-state index contributed by atoms with van der Waals surface area (Å²) >= 11 is 0. The Morgan fingerprint density at radius 1 is 1.15 bits per heavy atom. The minimum Gasteiger partial charge on any atom is -0.490 e. The van der Waals surface area contributed by atoms with Crippen molar-refractivity contribution in [1.29, 1.82) is 0 Å². The first-order valence-electron chi connectivity index (χ1n) is 8.80. The summed E-state index contributed by atoms with van der Waals surface area (Å²) in [6, 6.07) is 13.5. The molecule has 0 aliphatic carbocycles. The van der Waals surface area contributed by atoms with Gasteiger partial charge in [0, 0.05) is 25.3 Å². The van der Waals surface area contributed by atoms with Crippen LogP contribution in [0.3, 0.4) is 0 Å². The van der Waals surface area contributed by atoms with Crippen molar-refractivity contribution in [2.45, 2.75) is 24.3 Å². The van der Waals surface area contributed by atoms with Crippen molar-refractivity contribution in [3.8, 4) is 5.75 Å². The monoisotopic (exact) mass is 377 g/mol. The molecule has 0 spiro atoms. The molecule has 140 valence electrons. The zero-order valence-corrected chi connectivity index (χ0v) is 15.7. The third-order valence-electron chi connectivity index (χ3n) is 4.67. The van der Waals surface area contributed by atoms with E-state index in [4.69, 9.17) is 4.74 Å². The van der Waals surface area contributed by atoms with E-state index in [-0.39, 0.29) is 5.82 Å². The number of halogens is 1. The number of nitrogens with zero attached hydrogens (tertiary/aromatic N) is 1. The molecule has 6 heteroatoms. The first-order valence-corrected chi connectivity index (χ1v) is 10.7. The number of hydrogen-bond acceptors (Lipinski definition) is 4. The molecule has 1 aliphatic heterocycles. The zero-order valence-electron chi connectivity index (χ0n) is 14.9. The third kappa shape index (κ3) is 5.05. The normalized spacial score (nSPS) is 18.6. The molecule has 1 atom stereocenters. The van der Waals surface area contributed by atoms with Gasteiger partial charge in [-0.1, -0.05) is 24.3 Å². The van der Waals surface area contributed by atoms with Gasteiger partial charge in [0.1, 0.15) is 0 Å². The lowest BCUT2D eigenvalue weighted by molar-refractivity contribution is 0.123. The molecule has 1 heterocycles. The zero-order chi connectivity index (χ0) is 18.6. The van der Waals surface area contributed by atoms with Crippen LogP contribution >= 0.6 is 0 Å². The molecule has 4 nitrogen and oxygen atoms in total. The van der Waals surface area contributed by atoms with E-state index in [1.54, 1.807) is 30.3 Å². The first kappa shape index (κ1) is 18.9. The van der Waals surface area contributed by atoms with Gasteiger partial charge in [-0.2, -0.15) is 0 Å². The Labute approximate surface area is 154 Å². The average molecular weight is 377 g/mol. The highest BCUT2D eigenvalue weighted by Crippen LogP contribution is 2.22. The number of hydrogen-bond donors (Lipinski definition) is 0. The Morgan fingerprint density at radius 2 is 1.88 bits per heavy atom. The summed E-state index contributed by atoms with van der Waals surface area (Å²) in [5.74, 6) is 0.339. The second-order valence-electron chi connectivity index (χ2n) is 6.90. The van der Waals surface area contributed by atoms with Gasteiger partial charge in [0.05, 0.1) is 11.5 Å². The van der Waals surface area contributed by atoms with Crippen molar-refractivity contribution >= 4 is 9.84 Å². The lowest BCUT2D eigenvalue weighted by Gasteiger charge is -2.32. The van der Waals surface area contributed by atoms with E-state index in [0.717, 1.165) is 38.0 Å². The molecule has 2 aromatic rings. The highest BCUT2D eigenvalue weighted by atomic mass is 32.2. The Kier molecular flexibility index (Phi) is 5.94. The summed E-state index contributed by atoms with van der Waals surface area (Å²) in [5, 5.41) is 0. The van der Waals surface area contributed by atoms with Crippen LogP contribution in [-0.2, 0) is 16.4 Å². The van der Waals surface area contributed by atoms with E-state index >= 15 is 0 Å². The maximum absolute atomic E-state index is 13.6. The van der Waals surface area contributed by atoms with Gasteiger partial charge in [0.15, 0.2) is 21.4 Å². The average Bonchev–Trinajstić information content (AvgIpc) is 2.61. The minimum atomic E-state index is -3.16. The molecule has 1 fully saturated rings. The summed E-state index contributed by atoms with van der Waals surface area (Å²) in [4.78, 5) is 2.69. The molecule has 26 heavy (non-hydrogen) atoms. The van der Waals surface area contributed by atoms with Crippen LogP contribution in [0.2, 0.25) is 0 Å². The van der Waals surface area contributed by atoms with Gasteiger partial charge in [0.25, 0.3) is 0 Å².